The van der Waals surface area contributed by atoms with Gasteiger partial charge in [0.05, 0.1) is 16.7 Å². The zero-order valence-electron chi connectivity index (χ0n) is 30.4. The maximum Gasteiger partial charge on any atom is 0.335 e. The second-order valence-electron chi connectivity index (χ2n) is 14.3. The van der Waals surface area contributed by atoms with Crippen molar-refractivity contribution in [2.75, 3.05) is 5.32 Å². The topological polar surface area (TPSA) is 164 Å². The van der Waals surface area contributed by atoms with Crippen molar-refractivity contribution in [2.45, 2.75) is 141 Å². The van der Waals surface area contributed by atoms with Gasteiger partial charge < -0.3 is 21.3 Å². The Balaban J connectivity index is 0.000000407. The van der Waals surface area contributed by atoms with Crippen LogP contribution in [0.5, 0.6) is 0 Å². The van der Waals surface area contributed by atoms with Gasteiger partial charge in [-0.2, -0.15) is 0 Å². The summed E-state index contributed by atoms with van der Waals surface area (Å²) in [5, 5.41) is 19.6. The van der Waals surface area contributed by atoms with Crippen LogP contribution in [0.1, 0.15) is 162 Å². The summed E-state index contributed by atoms with van der Waals surface area (Å²) in [6.45, 7) is 7.18. The molecule has 0 spiro atoms. The number of carbonyl (C=O) groups excluding carboxylic acids is 3. The Morgan fingerprint density at radius 1 is 0.780 bits per heavy atom. The van der Waals surface area contributed by atoms with Crippen LogP contribution in [0.25, 0.3) is 0 Å². The Morgan fingerprint density at radius 2 is 1.26 bits per heavy atom. The molecule has 0 radical (unpaired) electrons. The molecular weight excluding hydrogens is 653 g/mol. The molecule has 1 atom stereocenters. The lowest BCUT2D eigenvalue weighted by molar-refractivity contribution is -0.129. The van der Waals surface area contributed by atoms with Gasteiger partial charge >= 0.3 is 11.9 Å². The zero-order chi connectivity index (χ0) is 37.1. The highest BCUT2D eigenvalue weighted by molar-refractivity contribution is 8.01. The molecule has 1 fully saturated rings. The molecule has 0 aromatic heterocycles. The van der Waals surface area contributed by atoms with E-state index in [1.807, 2.05) is 0 Å². The van der Waals surface area contributed by atoms with Crippen molar-refractivity contribution >= 4 is 47.0 Å². The maximum atomic E-state index is 13.1. The molecule has 1 unspecified atom stereocenters. The molecule has 2 aromatic carbocycles. The molecule has 0 aliphatic heterocycles. The van der Waals surface area contributed by atoms with Crippen LogP contribution in [-0.2, 0) is 9.59 Å². The largest absolute Gasteiger partial charge is 0.478 e. The number of primary amides is 1. The van der Waals surface area contributed by atoms with Crippen molar-refractivity contribution in [1.29, 1.82) is 0 Å². The van der Waals surface area contributed by atoms with Gasteiger partial charge in [0.15, 0.2) is 5.78 Å². The van der Waals surface area contributed by atoms with Crippen LogP contribution in [0, 0.1) is 11.3 Å². The third-order valence-corrected chi connectivity index (χ3v) is 9.99. The average Bonchev–Trinajstić information content (AvgIpc) is 3.89. The number of rotatable bonds is 22. The lowest BCUT2D eigenvalue weighted by Gasteiger charge is -2.24. The van der Waals surface area contributed by atoms with Crippen LogP contribution < -0.4 is 11.1 Å². The number of ketones is 1. The lowest BCUT2D eigenvalue weighted by Crippen LogP contribution is -2.39. The highest BCUT2D eigenvalue weighted by Crippen LogP contribution is 2.34. The number of Topliss-reactive ketones (excluding diaryl/α,β-unsaturated/α-hetero) is 1. The third-order valence-electron chi connectivity index (χ3n) is 8.72. The molecule has 276 valence electrons. The smallest absolute Gasteiger partial charge is 0.335 e. The molecular formula is C40H58N2O7S. The predicted molar refractivity (Wildman–Crippen MR) is 201 cm³/mol. The van der Waals surface area contributed by atoms with Gasteiger partial charge in [0.1, 0.15) is 5.25 Å². The fourth-order valence-corrected chi connectivity index (χ4v) is 6.86. The van der Waals surface area contributed by atoms with E-state index in [2.05, 4.69) is 12.2 Å². The summed E-state index contributed by atoms with van der Waals surface area (Å²) in [6, 6.07) is 9.37. The lowest BCUT2D eigenvalue weighted by atomic mass is 9.88. The number of carboxylic acid groups (broad SMARTS) is 2. The van der Waals surface area contributed by atoms with E-state index >= 15 is 0 Å². The monoisotopic (exact) mass is 710 g/mol. The van der Waals surface area contributed by atoms with Crippen molar-refractivity contribution in [1.82, 2.24) is 0 Å². The molecule has 9 nitrogen and oxygen atoms in total. The zero-order valence-corrected chi connectivity index (χ0v) is 31.2. The van der Waals surface area contributed by atoms with Crippen LogP contribution in [-0.4, -0.2) is 45.0 Å². The average molecular weight is 711 g/mol. The van der Waals surface area contributed by atoms with Gasteiger partial charge in [-0.25, -0.2) is 9.59 Å². The number of nitrogens with one attached hydrogen (secondary N) is 1. The normalized spacial score (nSPS) is 13.1. The van der Waals surface area contributed by atoms with E-state index in [0.717, 1.165) is 35.9 Å². The van der Waals surface area contributed by atoms with E-state index in [1.165, 1.54) is 109 Å². The first-order valence-corrected chi connectivity index (χ1v) is 19.1. The molecule has 0 heterocycles. The minimum Gasteiger partial charge on any atom is -0.478 e. The Labute approximate surface area is 302 Å². The first-order valence-electron chi connectivity index (χ1n) is 18.3. The highest BCUT2D eigenvalue weighted by atomic mass is 32.2. The van der Waals surface area contributed by atoms with Gasteiger partial charge in [0.25, 0.3) is 0 Å². The Bertz CT molecular complexity index is 1380. The minimum absolute atomic E-state index is 0.0946. The van der Waals surface area contributed by atoms with Gasteiger partial charge in [0.2, 0.25) is 11.8 Å². The van der Waals surface area contributed by atoms with Gasteiger partial charge in [-0.05, 0) is 36.2 Å². The number of unbranched alkanes of at least 4 members (excludes halogenated alkanes) is 12. The highest BCUT2D eigenvalue weighted by Gasteiger charge is 2.36. The quantitative estimate of drug-likeness (QED) is 0.0533. The summed E-state index contributed by atoms with van der Waals surface area (Å²) in [4.78, 5) is 60.8. The van der Waals surface area contributed by atoms with Crippen molar-refractivity contribution < 1.29 is 34.2 Å². The number of thioether (sulfide) groups is 1. The molecule has 3 rings (SSSR count). The van der Waals surface area contributed by atoms with Crippen molar-refractivity contribution in [3.05, 3.63) is 59.2 Å². The summed E-state index contributed by atoms with van der Waals surface area (Å²) < 4.78 is 0. The fraction of sp³-hybridized carbons (Fsp3) is 0.575. The molecule has 0 bridgehead atoms. The first kappa shape index (κ1) is 42.5. The summed E-state index contributed by atoms with van der Waals surface area (Å²) in [7, 11) is 0. The van der Waals surface area contributed by atoms with Gasteiger partial charge in [0, 0.05) is 16.0 Å². The van der Waals surface area contributed by atoms with E-state index in [9.17, 15) is 34.2 Å². The second kappa shape index (κ2) is 22.2. The van der Waals surface area contributed by atoms with E-state index in [-0.39, 0.29) is 22.4 Å². The van der Waals surface area contributed by atoms with Gasteiger partial charge in [-0.15, -0.1) is 11.8 Å². The molecule has 2 aromatic rings. The number of aromatic carboxylic acids is 2. The molecule has 10 heteroatoms. The third kappa shape index (κ3) is 16.4. The SMILES string of the molecule is CC(C)(C)C(=O)C(Sc1ccccc1C(N)=O)C(=O)Nc1cc(C(=O)O)cc(C(=O)O)c1.CCCCCCCCCCCCCCCC1CC1. The van der Waals surface area contributed by atoms with Crippen LogP contribution in [0.15, 0.2) is 47.4 Å². The molecule has 5 N–H and O–H groups in total. The number of carboxylic acids is 2. The molecule has 1 saturated carbocycles. The molecule has 1 aliphatic rings. The van der Waals surface area contributed by atoms with Crippen LogP contribution in [0.2, 0.25) is 0 Å². The number of hydrogen-bond donors (Lipinski definition) is 4. The summed E-state index contributed by atoms with van der Waals surface area (Å²) in [5.74, 6) is -3.58. The molecule has 50 heavy (non-hydrogen) atoms. The fourth-order valence-electron chi connectivity index (χ4n) is 5.53. The number of benzene rings is 2. The number of amides is 2. The predicted octanol–water partition coefficient (Wildman–Crippen LogP) is 9.77. The van der Waals surface area contributed by atoms with Crippen LogP contribution in [0.4, 0.5) is 5.69 Å². The van der Waals surface area contributed by atoms with Gasteiger partial charge in [-0.1, -0.05) is 143 Å². The first-order chi connectivity index (χ1) is 23.7. The molecule has 0 saturated heterocycles. The van der Waals surface area contributed by atoms with Crippen LogP contribution in [0.3, 0.4) is 0 Å². The van der Waals surface area contributed by atoms with Crippen molar-refractivity contribution in [3.8, 4) is 0 Å². The van der Waals surface area contributed by atoms with Crippen molar-refractivity contribution in [2.24, 2.45) is 17.1 Å². The van der Waals surface area contributed by atoms with E-state index < -0.39 is 40.2 Å². The Kier molecular flexibility index (Phi) is 18.9. The Morgan fingerprint density at radius 3 is 1.70 bits per heavy atom. The van der Waals surface area contributed by atoms with Gasteiger partial charge in [-0.3, -0.25) is 14.4 Å². The molecule has 1 aliphatic carbocycles. The number of anilines is 1. The summed E-state index contributed by atoms with van der Waals surface area (Å²) >= 11 is 0.832. The number of hydrogen-bond acceptors (Lipinski definition) is 6. The van der Waals surface area contributed by atoms with E-state index in [1.54, 1.807) is 39.0 Å². The summed E-state index contributed by atoms with van der Waals surface area (Å²) in [6.07, 6.45) is 23.9. The number of nitrogens with two attached hydrogens (primary N) is 1. The number of carbonyl (C=O) groups is 5. The van der Waals surface area contributed by atoms with E-state index in [4.69, 9.17) is 5.73 Å². The minimum atomic E-state index is -1.38. The standard InChI is InChI=1S/C22H22N2O7S.C18H36/c1-22(2,3)17(25)16(32-15-7-5-4-6-14(15)18(23)26)19(27)24-13-9-11(20(28)29)8-12(10-13)21(30)31;1-2-3-4-5-6-7-8-9-10-11-12-13-14-15-18-16-17-18/h4-10,16H,1-3H3,(H2,23,26)(H,24,27)(H,28,29)(H,30,31);18H,2-17H2,1H3. The second-order valence-corrected chi connectivity index (χ2v) is 15.5. The van der Waals surface area contributed by atoms with Crippen LogP contribution >= 0.6 is 11.8 Å². The summed E-state index contributed by atoms with van der Waals surface area (Å²) in [5.41, 5.74) is 3.83. The van der Waals surface area contributed by atoms with E-state index in [0.29, 0.717) is 4.90 Å². The Hall–Kier alpha value is -3.66. The molecule has 2 amide bonds. The van der Waals surface area contributed by atoms with Crippen molar-refractivity contribution in [3.63, 3.8) is 0 Å². The maximum absolute atomic E-state index is 13.1.